The number of nitrogens with one attached hydrogen (secondary N) is 2. The molecule has 0 radical (unpaired) electrons. The minimum absolute atomic E-state index is 0.0912. The zero-order valence-corrected chi connectivity index (χ0v) is 19.3. The molecule has 0 unspecified atom stereocenters. The molecule has 31 heavy (non-hydrogen) atoms. The molecule has 1 amide bonds. The topological polar surface area (TPSA) is 53.6 Å². The van der Waals surface area contributed by atoms with Gasteiger partial charge in [-0.3, -0.25) is 4.79 Å². The van der Waals surface area contributed by atoms with Gasteiger partial charge in [0.05, 0.1) is 16.3 Å². The number of rotatable bonds is 6. The molecule has 2 N–H and O–H groups in total. The molecule has 1 saturated heterocycles. The van der Waals surface area contributed by atoms with Crippen molar-refractivity contribution in [1.82, 2.24) is 4.90 Å². The van der Waals surface area contributed by atoms with Gasteiger partial charge in [0.1, 0.15) is 11.9 Å². The first kappa shape index (κ1) is 22.3. The van der Waals surface area contributed by atoms with E-state index < -0.39 is 0 Å². The summed E-state index contributed by atoms with van der Waals surface area (Å²) in [6.07, 6.45) is 6.86. The number of piperidine rings is 1. The first-order valence-corrected chi connectivity index (χ1v) is 11.8. The molecular weight excluding hydrogens is 433 g/mol. The van der Waals surface area contributed by atoms with E-state index in [-0.39, 0.29) is 12.0 Å². The second-order valence-corrected chi connectivity index (χ2v) is 9.38. The van der Waals surface area contributed by atoms with Gasteiger partial charge in [0.25, 0.3) is 5.91 Å². The average Bonchev–Trinajstić information content (AvgIpc) is 3.26. The molecule has 5 nitrogen and oxygen atoms in total. The Kier molecular flexibility index (Phi) is 7.26. The second-order valence-electron chi connectivity index (χ2n) is 8.54. The van der Waals surface area contributed by atoms with E-state index in [0.29, 0.717) is 33.1 Å². The van der Waals surface area contributed by atoms with Gasteiger partial charge in [-0.25, -0.2) is 0 Å². The number of ether oxygens (including phenoxy) is 1. The fourth-order valence-electron chi connectivity index (χ4n) is 4.27. The first-order valence-electron chi connectivity index (χ1n) is 11.0. The lowest BCUT2D eigenvalue weighted by molar-refractivity contribution is 0.0989. The Morgan fingerprint density at radius 3 is 2.48 bits per heavy atom. The van der Waals surface area contributed by atoms with Gasteiger partial charge in [-0.1, -0.05) is 36.0 Å². The monoisotopic (exact) mass is 461 g/mol. The summed E-state index contributed by atoms with van der Waals surface area (Å²) in [5.74, 6) is 0.260. The van der Waals surface area contributed by atoms with Gasteiger partial charge in [-0.05, 0) is 69.1 Å². The summed E-state index contributed by atoms with van der Waals surface area (Å²) in [4.78, 5) is 15.3. The molecule has 1 heterocycles. The van der Waals surface area contributed by atoms with Crippen LogP contribution in [0.15, 0.2) is 36.4 Å². The Bertz CT molecular complexity index is 923. The van der Waals surface area contributed by atoms with Gasteiger partial charge >= 0.3 is 0 Å². The Hall–Kier alpha value is -1.95. The highest BCUT2D eigenvalue weighted by molar-refractivity contribution is 6.34. The quantitative estimate of drug-likeness (QED) is 0.547. The van der Waals surface area contributed by atoms with Crippen molar-refractivity contribution < 1.29 is 9.53 Å². The third kappa shape index (κ3) is 5.85. The van der Waals surface area contributed by atoms with Crippen molar-refractivity contribution in [3.05, 3.63) is 52.0 Å². The molecule has 2 aromatic carbocycles. The lowest BCUT2D eigenvalue weighted by Crippen LogP contribution is -2.36. The van der Waals surface area contributed by atoms with E-state index in [1.807, 2.05) is 18.2 Å². The number of hydrogen-bond acceptors (Lipinski definition) is 4. The van der Waals surface area contributed by atoms with Gasteiger partial charge in [0.15, 0.2) is 0 Å². The normalized spacial score (nSPS) is 18.2. The van der Waals surface area contributed by atoms with E-state index in [0.717, 1.165) is 31.6 Å². The predicted octanol–water partition coefficient (Wildman–Crippen LogP) is 6.07. The third-order valence-corrected chi connectivity index (χ3v) is 6.64. The maximum Gasteiger partial charge on any atom is 0.259 e. The van der Waals surface area contributed by atoms with Crippen molar-refractivity contribution in [1.29, 1.82) is 0 Å². The SMILES string of the molecule is CN1CCC(Oc2ccc(Cl)cc2C(=O)Nc2ccc(NC3CCCC3)cc2Cl)CC1. The number of amides is 1. The summed E-state index contributed by atoms with van der Waals surface area (Å²) >= 11 is 12.7. The molecule has 1 aliphatic carbocycles. The van der Waals surface area contributed by atoms with Gasteiger partial charge in [-0.15, -0.1) is 0 Å². The zero-order valence-electron chi connectivity index (χ0n) is 17.8. The molecule has 2 aromatic rings. The smallest absolute Gasteiger partial charge is 0.259 e. The Morgan fingerprint density at radius 2 is 1.77 bits per heavy atom. The van der Waals surface area contributed by atoms with E-state index in [1.54, 1.807) is 18.2 Å². The Labute approximate surface area is 194 Å². The lowest BCUT2D eigenvalue weighted by atomic mass is 10.1. The summed E-state index contributed by atoms with van der Waals surface area (Å²) in [6.45, 7) is 1.97. The molecule has 2 aliphatic rings. The highest BCUT2D eigenvalue weighted by Gasteiger charge is 2.22. The van der Waals surface area contributed by atoms with Crippen LogP contribution in [0.4, 0.5) is 11.4 Å². The fraction of sp³-hybridized carbons (Fsp3) is 0.458. The molecule has 0 spiro atoms. The molecule has 0 atom stereocenters. The van der Waals surface area contributed by atoms with E-state index in [1.165, 1.54) is 25.7 Å². The molecule has 7 heteroatoms. The van der Waals surface area contributed by atoms with Crippen molar-refractivity contribution >= 4 is 40.5 Å². The van der Waals surface area contributed by atoms with E-state index in [4.69, 9.17) is 27.9 Å². The summed E-state index contributed by atoms with van der Waals surface area (Å²) in [5, 5.41) is 7.42. The molecule has 0 aromatic heterocycles. The van der Waals surface area contributed by atoms with Crippen LogP contribution in [-0.2, 0) is 0 Å². The summed E-state index contributed by atoms with van der Waals surface area (Å²) in [6, 6.07) is 11.3. The van der Waals surface area contributed by atoms with Crippen LogP contribution in [0.3, 0.4) is 0 Å². The summed E-state index contributed by atoms with van der Waals surface area (Å²) in [7, 11) is 2.11. The van der Waals surface area contributed by atoms with Crippen molar-refractivity contribution in [3.63, 3.8) is 0 Å². The molecule has 0 bridgehead atoms. The van der Waals surface area contributed by atoms with Crippen LogP contribution in [0.5, 0.6) is 5.75 Å². The van der Waals surface area contributed by atoms with Crippen molar-refractivity contribution in [3.8, 4) is 5.75 Å². The predicted molar refractivity (Wildman–Crippen MR) is 128 cm³/mol. The van der Waals surface area contributed by atoms with Crippen LogP contribution in [0, 0.1) is 0 Å². The number of hydrogen-bond donors (Lipinski definition) is 2. The van der Waals surface area contributed by atoms with E-state index >= 15 is 0 Å². The number of nitrogens with zero attached hydrogens (tertiary/aromatic N) is 1. The number of carbonyl (C=O) groups excluding carboxylic acids is 1. The van der Waals surface area contributed by atoms with Crippen LogP contribution in [0.25, 0.3) is 0 Å². The zero-order chi connectivity index (χ0) is 21.8. The number of benzene rings is 2. The lowest BCUT2D eigenvalue weighted by Gasteiger charge is -2.29. The molecule has 2 fully saturated rings. The Balaban J connectivity index is 1.45. The number of anilines is 2. The third-order valence-electron chi connectivity index (χ3n) is 6.09. The Morgan fingerprint density at radius 1 is 1.03 bits per heavy atom. The highest BCUT2D eigenvalue weighted by atomic mass is 35.5. The molecular formula is C24H29Cl2N3O2. The molecule has 1 aliphatic heterocycles. The van der Waals surface area contributed by atoms with Gasteiger partial charge in [-0.2, -0.15) is 0 Å². The first-order chi connectivity index (χ1) is 15.0. The van der Waals surface area contributed by atoms with E-state index in [9.17, 15) is 4.79 Å². The van der Waals surface area contributed by atoms with Crippen LogP contribution in [-0.4, -0.2) is 43.1 Å². The highest BCUT2D eigenvalue weighted by Crippen LogP contribution is 2.31. The second kappa shape index (κ2) is 10.1. The number of likely N-dealkylation sites (tertiary alicyclic amines) is 1. The maximum absolute atomic E-state index is 13.1. The van der Waals surface area contributed by atoms with Crippen molar-refractivity contribution in [2.75, 3.05) is 30.8 Å². The molecule has 1 saturated carbocycles. The summed E-state index contributed by atoms with van der Waals surface area (Å²) < 4.78 is 6.18. The average molecular weight is 462 g/mol. The van der Waals surface area contributed by atoms with E-state index in [2.05, 4.69) is 22.6 Å². The van der Waals surface area contributed by atoms with Gasteiger partial charge in [0, 0.05) is 29.8 Å². The number of carbonyl (C=O) groups is 1. The van der Waals surface area contributed by atoms with Gasteiger partial charge in [0.2, 0.25) is 0 Å². The maximum atomic E-state index is 13.1. The minimum atomic E-state index is -0.288. The molecule has 166 valence electrons. The standard InChI is InChI=1S/C24H29Cl2N3O2/c1-29-12-10-19(11-13-29)31-23-9-6-16(25)14-20(23)24(30)28-22-8-7-18(15-21(22)26)27-17-4-2-3-5-17/h6-9,14-15,17,19,27H,2-5,10-13H2,1H3,(H,28,30). The van der Waals surface area contributed by atoms with Crippen LogP contribution in [0.1, 0.15) is 48.9 Å². The molecule has 4 rings (SSSR count). The number of halogens is 2. The van der Waals surface area contributed by atoms with Crippen LogP contribution < -0.4 is 15.4 Å². The summed E-state index contributed by atoms with van der Waals surface area (Å²) in [5.41, 5.74) is 1.95. The van der Waals surface area contributed by atoms with Crippen LogP contribution in [0.2, 0.25) is 10.0 Å². The largest absolute Gasteiger partial charge is 0.489 e. The van der Waals surface area contributed by atoms with Crippen molar-refractivity contribution in [2.45, 2.75) is 50.7 Å². The van der Waals surface area contributed by atoms with Crippen molar-refractivity contribution in [2.24, 2.45) is 0 Å². The van der Waals surface area contributed by atoms with Crippen LogP contribution >= 0.6 is 23.2 Å². The minimum Gasteiger partial charge on any atom is -0.489 e. The van der Waals surface area contributed by atoms with Gasteiger partial charge < -0.3 is 20.3 Å². The fourth-order valence-corrected chi connectivity index (χ4v) is 4.67.